The zero-order valence-electron chi connectivity index (χ0n) is 12.8. The van der Waals surface area contributed by atoms with Gasteiger partial charge in [-0.15, -0.1) is 0 Å². The highest BCUT2D eigenvalue weighted by molar-refractivity contribution is 5.78. The van der Waals surface area contributed by atoms with Crippen molar-refractivity contribution in [1.29, 1.82) is 5.26 Å². The molecule has 0 radical (unpaired) electrons. The van der Waals surface area contributed by atoms with Gasteiger partial charge in [0.2, 0.25) is 0 Å². The molecule has 2 aromatic carbocycles. The summed E-state index contributed by atoms with van der Waals surface area (Å²) in [4.78, 5) is 12.2. The molecule has 1 amide bonds. The van der Waals surface area contributed by atoms with Crippen LogP contribution in [0.1, 0.15) is 35.6 Å². The summed E-state index contributed by atoms with van der Waals surface area (Å²) in [6, 6.07) is 17.2. The van der Waals surface area contributed by atoms with Gasteiger partial charge in [0, 0.05) is 0 Å². The van der Waals surface area contributed by atoms with Crippen LogP contribution < -0.4 is 10.1 Å². The highest BCUT2D eigenvalue weighted by atomic mass is 16.5. The monoisotopic (exact) mass is 306 g/mol. The van der Waals surface area contributed by atoms with Crippen LogP contribution in [-0.2, 0) is 11.2 Å². The molecule has 4 nitrogen and oxygen atoms in total. The molecule has 4 heteroatoms. The topological polar surface area (TPSA) is 62.1 Å². The second-order valence-corrected chi connectivity index (χ2v) is 5.61. The van der Waals surface area contributed by atoms with Crippen molar-refractivity contribution in [2.45, 2.75) is 25.3 Å². The number of amides is 1. The van der Waals surface area contributed by atoms with Crippen molar-refractivity contribution in [1.82, 2.24) is 5.32 Å². The zero-order valence-corrected chi connectivity index (χ0v) is 12.8. The Morgan fingerprint density at radius 2 is 2.00 bits per heavy atom. The lowest BCUT2D eigenvalue weighted by Gasteiger charge is -2.26. The fraction of sp³-hybridized carbons (Fsp3) is 0.263. The van der Waals surface area contributed by atoms with Gasteiger partial charge >= 0.3 is 0 Å². The van der Waals surface area contributed by atoms with Gasteiger partial charge in [-0.2, -0.15) is 5.26 Å². The number of ether oxygens (including phenoxy) is 1. The predicted octanol–water partition coefficient (Wildman–Crippen LogP) is 3.13. The fourth-order valence-electron chi connectivity index (χ4n) is 2.97. The van der Waals surface area contributed by atoms with Crippen molar-refractivity contribution in [2.75, 3.05) is 6.61 Å². The molecular formula is C19H18N2O2. The molecule has 0 unspecified atom stereocenters. The normalized spacial score (nSPS) is 16.0. The molecule has 0 heterocycles. The largest absolute Gasteiger partial charge is 0.482 e. The summed E-state index contributed by atoms with van der Waals surface area (Å²) in [5, 5.41) is 12.1. The molecule has 1 atom stereocenters. The first-order chi connectivity index (χ1) is 11.3. The van der Waals surface area contributed by atoms with Crippen LogP contribution in [0.5, 0.6) is 5.75 Å². The van der Waals surface area contributed by atoms with Crippen LogP contribution in [0, 0.1) is 11.3 Å². The molecule has 2 aromatic rings. The number of carbonyl (C=O) groups is 1. The molecule has 0 saturated heterocycles. The first-order valence-corrected chi connectivity index (χ1v) is 7.77. The van der Waals surface area contributed by atoms with Crippen LogP contribution in [0.25, 0.3) is 0 Å². The van der Waals surface area contributed by atoms with Crippen molar-refractivity contribution < 1.29 is 9.53 Å². The Bertz CT molecular complexity index is 749. The summed E-state index contributed by atoms with van der Waals surface area (Å²) < 4.78 is 5.48. The van der Waals surface area contributed by atoms with E-state index in [9.17, 15) is 4.79 Å². The van der Waals surface area contributed by atoms with Gasteiger partial charge in [0.25, 0.3) is 5.91 Å². The van der Waals surface area contributed by atoms with Crippen molar-refractivity contribution in [2.24, 2.45) is 0 Å². The molecule has 0 aliphatic heterocycles. The van der Waals surface area contributed by atoms with Crippen LogP contribution in [-0.4, -0.2) is 12.5 Å². The Labute approximate surface area is 135 Å². The first kappa shape index (κ1) is 15.1. The lowest BCUT2D eigenvalue weighted by molar-refractivity contribution is -0.123. The number of rotatable bonds is 4. The molecule has 3 rings (SSSR count). The highest BCUT2D eigenvalue weighted by Crippen LogP contribution is 2.29. The van der Waals surface area contributed by atoms with Gasteiger partial charge in [-0.25, -0.2) is 0 Å². The quantitative estimate of drug-likeness (QED) is 0.944. The van der Waals surface area contributed by atoms with Gasteiger partial charge in [-0.05, 0) is 42.5 Å². The molecule has 23 heavy (non-hydrogen) atoms. The maximum absolute atomic E-state index is 12.2. The smallest absolute Gasteiger partial charge is 0.258 e. The van der Waals surface area contributed by atoms with Crippen LogP contribution in [0.2, 0.25) is 0 Å². The van der Waals surface area contributed by atoms with Crippen molar-refractivity contribution >= 4 is 5.91 Å². The van der Waals surface area contributed by atoms with E-state index in [0.29, 0.717) is 11.3 Å². The van der Waals surface area contributed by atoms with E-state index >= 15 is 0 Å². The molecule has 0 spiro atoms. The van der Waals surface area contributed by atoms with Gasteiger partial charge in [0.15, 0.2) is 6.61 Å². The lowest BCUT2D eigenvalue weighted by Crippen LogP contribution is -2.34. The average molecular weight is 306 g/mol. The van der Waals surface area contributed by atoms with Crippen molar-refractivity contribution in [3.05, 3.63) is 65.2 Å². The molecular weight excluding hydrogens is 288 g/mol. The minimum Gasteiger partial charge on any atom is -0.482 e. The molecule has 116 valence electrons. The molecule has 1 N–H and O–H groups in total. The van der Waals surface area contributed by atoms with Crippen molar-refractivity contribution in [3.63, 3.8) is 0 Å². The molecule has 0 saturated carbocycles. The van der Waals surface area contributed by atoms with E-state index in [4.69, 9.17) is 10.00 Å². The number of hydrogen-bond acceptors (Lipinski definition) is 3. The Hall–Kier alpha value is -2.80. The SMILES string of the molecule is N#Cc1ccccc1OCC(=O)N[C@H]1CCCc2ccccc21. The summed E-state index contributed by atoms with van der Waals surface area (Å²) in [5.41, 5.74) is 2.94. The van der Waals surface area contributed by atoms with E-state index in [1.54, 1.807) is 24.3 Å². The second-order valence-electron chi connectivity index (χ2n) is 5.61. The number of nitrogens with one attached hydrogen (secondary N) is 1. The third-order valence-corrected chi connectivity index (χ3v) is 4.07. The number of para-hydroxylation sites is 1. The third-order valence-electron chi connectivity index (χ3n) is 4.07. The minimum absolute atomic E-state index is 0.0438. The third kappa shape index (κ3) is 3.51. The standard InChI is InChI=1S/C19H18N2O2/c20-12-15-7-2-4-11-18(15)23-13-19(22)21-17-10-5-8-14-6-1-3-9-16(14)17/h1-4,6-7,9,11,17H,5,8,10,13H2,(H,21,22)/t17-/m0/s1. The number of nitriles is 1. The molecule has 1 aliphatic rings. The Morgan fingerprint density at radius 3 is 2.87 bits per heavy atom. The number of hydrogen-bond donors (Lipinski definition) is 1. The van der Waals surface area contributed by atoms with Gasteiger partial charge < -0.3 is 10.1 Å². The lowest BCUT2D eigenvalue weighted by atomic mass is 9.88. The highest BCUT2D eigenvalue weighted by Gasteiger charge is 2.21. The Kier molecular flexibility index (Phi) is 4.58. The maximum atomic E-state index is 12.2. The van der Waals surface area contributed by atoms with Gasteiger partial charge in [0.05, 0.1) is 11.6 Å². The summed E-state index contributed by atoms with van der Waals surface area (Å²) in [5.74, 6) is 0.272. The van der Waals surface area contributed by atoms with E-state index < -0.39 is 0 Å². The first-order valence-electron chi connectivity index (χ1n) is 7.77. The average Bonchev–Trinajstić information content (AvgIpc) is 2.60. The molecule has 0 fully saturated rings. The number of aryl methyl sites for hydroxylation is 1. The van der Waals surface area contributed by atoms with E-state index in [-0.39, 0.29) is 18.6 Å². The Balaban J connectivity index is 1.62. The van der Waals surface area contributed by atoms with E-state index in [0.717, 1.165) is 19.3 Å². The molecule has 0 aromatic heterocycles. The van der Waals surface area contributed by atoms with Gasteiger partial charge in [0.1, 0.15) is 11.8 Å². The summed E-state index contributed by atoms with van der Waals surface area (Å²) in [6.07, 6.45) is 3.08. The van der Waals surface area contributed by atoms with E-state index in [2.05, 4.69) is 23.5 Å². The van der Waals surface area contributed by atoms with Crippen LogP contribution in [0.15, 0.2) is 48.5 Å². The van der Waals surface area contributed by atoms with Gasteiger partial charge in [-0.3, -0.25) is 4.79 Å². The van der Waals surface area contributed by atoms with Crippen LogP contribution in [0.3, 0.4) is 0 Å². The number of nitrogens with zero attached hydrogens (tertiary/aromatic N) is 1. The fourth-order valence-corrected chi connectivity index (χ4v) is 2.97. The molecule has 1 aliphatic carbocycles. The summed E-state index contributed by atoms with van der Waals surface area (Å²) in [7, 11) is 0. The van der Waals surface area contributed by atoms with E-state index in [1.807, 2.05) is 12.1 Å². The second kappa shape index (κ2) is 6.97. The summed E-state index contributed by atoms with van der Waals surface area (Å²) >= 11 is 0. The predicted molar refractivity (Wildman–Crippen MR) is 86.9 cm³/mol. The van der Waals surface area contributed by atoms with Crippen LogP contribution >= 0.6 is 0 Å². The van der Waals surface area contributed by atoms with Crippen LogP contribution in [0.4, 0.5) is 0 Å². The van der Waals surface area contributed by atoms with Crippen molar-refractivity contribution in [3.8, 4) is 11.8 Å². The molecule has 0 bridgehead atoms. The minimum atomic E-state index is -0.167. The maximum Gasteiger partial charge on any atom is 0.258 e. The Morgan fingerprint density at radius 1 is 1.22 bits per heavy atom. The van der Waals surface area contributed by atoms with Gasteiger partial charge in [-0.1, -0.05) is 36.4 Å². The number of fused-ring (bicyclic) bond motifs is 1. The number of benzene rings is 2. The van der Waals surface area contributed by atoms with E-state index in [1.165, 1.54) is 11.1 Å². The zero-order chi connectivity index (χ0) is 16.1. The summed E-state index contributed by atoms with van der Waals surface area (Å²) in [6.45, 7) is -0.0860. The number of carbonyl (C=O) groups excluding carboxylic acids is 1.